The molecule has 6 aromatic carbocycles. The quantitative estimate of drug-likeness (QED) is 0.0592. The van der Waals surface area contributed by atoms with Gasteiger partial charge in [0.05, 0.1) is 10.6 Å². The molecule has 1 N–H and O–H groups in total. The van der Waals surface area contributed by atoms with E-state index < -0.39 is 4.92 Å². The van der Waals surface area contributed by atoms with Crippen LogP contribution in [0.15, 0.2) is 145 Å². The molecule has 0 bridgehead atoms. The van der Waals surface area contributed by atoms with Gasteiger partial charge in [-0.25, -0.2) is 0 Å². The average molecular weight is 905 g/mol. The molecule has 0 radical (unpaired) electrons. The molecule has 0 saturated carbocycles. The van der Waals surface area contributed by atoms with Gasteiger partial charge in [-0.05, 0) is 79.1 Å². The van der Waals surface area contributed by atoms with Gasteiger partial charge in [-0.3, -0.25) is 15.1 Å². The van der Waals surface area contributed by atoms with Gasteiger partial charge in [0.2, 0.25) is 0 Å². The van der Waals surface area contributed by atoms with Crippen LogP contribution in [0.5, 0.6) is 5.75 Å². The Labute approximate surface area is 366 Å². The Kier molecular flexibility index (Phi) is 14.3. The first-order valence-electron chi connectivity index (χ1n) is 19.9. The van der Waals surface area contributed by atoms with Gasteiger partial charge in [0.15, 0.2) is 0 Å². The van der Waals surface area contributed by atoms with Crippen LogP contribution in [0.25, 0.3) is 5.57 Å². The van der Waals surface area contributed by atoms with Gasteiger partial charge in [0.1, 0.15) is 5.75 Å². The number of rotatable bonds is 6. The molecule has 1 saturated heterocycles. The van der Waals surface area contributed by atoms with Crippen LogP contribution in [0.4, 0.5) is 22.7 Å². The van der Waals surface area contributed by atoms with Crippen LogP contribution in [0.3, 0.4) is 0 Å². The molecular formula is C51H51ClN4O3Ru-. The number of phenolic OH excluding ortho intramolecular Hbond substituents is 1. The van der Waals surface area contributed by atoms with E-state index in [1.807, 2.05) is 30.3 Å². The third-order valence-electron chi connectivity index (χ3n) is 10.5. The number of fused-ring (bicyclic) bond motifs is 1. The number of anilines is 2. The minimum atomic E-state index is -0.505. The number of nitrogens with zero attached hydrogens (tertiary/aromatic N) is 4. The zero-order valence-electron chi connectivity index (χ0n) is 35.1. The summed E-state index contributed by atoms with van der Waals surface area (Å²) in [7, 11) is 6.10. The summed E-state index contributed by atoms with van der Waals surface area (Å²) < 4.78 is 1.30. The Balaban J connectivity index is 0.000000152. The zero-order chi connectivity index (χ0) is 43.0. The minimum absolute atomic E-state index is 0.0411. The number of allylic oxidation sites excluding steroid dienone is 1. The monoisotopic (exact) mass is 904 g/mol. The van der Waals surface area contributed by atoms with Gasteiger partial charge in [0.25, 0.3) is 5.69 Å². The van der Waals surface area contributed by atoms with Gasteiger partial charge < -0.3 is 14.9 Å². The van der Waals surface area contributed by atoms with Gasteiger partial charge >= 0.3 is 112 Å². The van der Waals surface area contributed by atoms with Crippen LogP contribution < -0.4 is 9.80 Å². The number of aromatic hydroxyl groups is 1. The summed E-state index contributed by atoms with van der Waals surface area (Å²) >= 11 is -0.218. The Morgan fingerprint density at radius 3 is 1.78 bits per heavy atom. The molecule has 1 heterocycles. The molecule has 8 rings (SSSR count). The number of benzene rings is 6. The van der Waals surface area contributed by atoms with E-state index in [1.165, 1.54) is 90.0 Å². The molecule has 2 aliphatic rings. The summed E-state index contributed by atoms with van der Waals surface area (Å²) in [6.45, 7) is 19.5. The molecule has 0 unspecified atom stereocenters. The SMILES string of the molecule is CC(C)(C)c1ccc(N=Cc2cc([N+](=O)[O-])ccc2O)cc1.Cc1cccc(C)c1N1[CH-]N(c2c(C)cccc2C)CC1.[Cl][Ru]=[C]1C=C(c2ccccc2)c2ccccc21. The second kappa shape index (κ2) is 19.6. The molecule has 0 amide bonds. The predicted molar refractivity (Wildman–Crippen MR) is 248 cm³/mol. The molecule has 0 aromatic heterocycles. The molecule has 6 aromatic rings. The van der Waals surface area contributed by atoms with Crippen molar-refractivity contribution in [1.29, 1.82) is 0 Å². The summed E-state index contributed by atoms with van der Waals surface area (Å²) in [4.78, 5) is 19.3. The molecule has 7 nitrogen and oxygen atoms in total. The summed E-state index contributed by atoms with van der Waals surface area (Å²) in [5, 5.41) is 20.5. The molecule has 0 atom stereocenters. The molecule has 1 fully saturated rings. The second-order valence-electron chi connectivity index (χ2n) is 15.9. The number of aryl methyl sites for hydroxylation is 4. The first kappa shape index (κ1) is 43.9. The summed E-state index contributed by atoms with van der Waals surface area (Å²) in [6.07, 6.45) is 3.67. The first-order chi connectivity index (χ1) is 28.7. The fraction of sp³-hybridized carbons (Fsp3) is 0.196. The average Bonchev–Trinajstić information content (AvgIpc) is 3.86. The fourth-order valence-electron chi connectivity index (χ4n) is 7.42. The van der Waals surface area contributed by atoms with E-state index in [1.54, 1.807) is 0 Å². The van der Waals surface area contributed by atoms with Crippen molar-refractivity contribution in [3.8, 4) is 5.75 Å². The van der Waals surface area contributed by atoms with E-state index in [4.69, 9.17) is 9.69 Å². The maximum absolute atomic E-state index is 10.7. The van der Waals surface area contributed by atoms with Crippen LogP contribution >= 0.6 is 9.69 Å². The van der Waals surface area contributed by atoms with Crippen molar-refractivity contribution < 1.29 is 25.7 Å². The van der Waals surface area contributed by atoms with Crippen molar-refractivity contribution in [2.45, 2.75) is 53.9 Å². The molecule has 1 aliphatic heterocycles. The van der Waals surface area contributed by atoms with Crippen LogP contribution in [0.2, 0.25) is 0 Å². The first-order valence-corrected chi connectivity index (χ1v) is 23.0. The van der Waals surface area contributed by atoms with Crippen molar-refractivity contribution in [1.82, 2.24) is 0 Å². The fourth-order valence-corrected chi connectivity index (χ4v) is 8.97. The van der Waals surface area contributed by atoms with Crippen molar-refractivity contribution in [2.75, 3.05) is 22.9 Å². The predicted octanol–water partition coefficient (Wildman–Crippen LogP) is 12.6. The number of para-hydroxylation sites is 2. The number of non-ortho nitro benzene ring substituents is 1. The molecule has 0 spiro atoms. The van der Waals surface area contributed by atoms with Gasteiger partial charge in [-0.1, -0.05) is 69.3 Å². The Morgan fingerprint density at radius 2 is 1.27 bits per heavy atom. The number of nitro benzene ring substituents is 1. The van der Waals surface area contributed by atoms with Crippen LogP contribution in [-0.2, 0) is 21.1 Å². The van der Waals surface area contributed by atoms with Crippen LogP contribution in [0, 0.1) is 44.5 Å². The molecule has 60 heavy (non-hydrogen) atoms. The molecular weight excluding hydrogens is 853 g/mol. The van der Waals surface area contributed by atoms with Crippen molar-refractivity contribution in [2.24, 2.45) is 4.99 Å². The van der Waals surface area contributed by atoms with Crippen LogP contribution in [-0.4, -0.2) is 33.4 Å². The third kappa shape index (κ3) is 10.5. The summed E-state index contributed by atoms with van der Waals surface area (Å²) in [6, 6.07) is 43.6. The second-order valence-corrected chi connectivity index (χ2v) is 18.0. The zero-order valence-corrected chi connectivity index (χ0v) is 37.6. The number of halogens is 1. The topological polar surface area (TPSA) is 82.2 Å². The van der Waals surface area contributed by atoms with E-state index in [2.05, 4.69) is 161 Å². The molecule has 1 aliphatic carbocycles. The van der Waals surface area contributed by atoms with E-state index in [0.29, 0.717) is 5.56 Å². The molecule has 9 heteroatoms. The van der Waals surface area contributed by atoms with E-state index in [0.717, 1.165) is 18.8 Å². The third-order valence-corrected chi connectivity index (χ3v) is 12.4. The number of aliphatic imine (C=N–C) groups is 1. The number of phenols is 1. The van der Waals surface area contributed by atoms with Gasteiger partial charge in [-0.2, -0.15) is 6.67 Å². The van der Waals surface area contributed by atoms with E-state index in [-0.39, 0.29) is 32.5 Å². The van der Waals surface area contributed by atoms with Crippen LogP contribution in [0.1, 0.15) is 70.8 Å². The van der Waals surface area contributed by atoms with Crippen molar-refractivity contribution >= 4 is 48.3 Å². The molecule has 309 valence electrons. The number of hydrogen-bond acceptors (Lipinski definition) is 6. The standard InChI is InChI=1S/C19H23N2.C17H18N2O3.C15H10.ClH.Ru/c1-14-7-5-8-15(2)18(14)20-11-12-21(13-20)19-16(3)9-6-10-17(19)4;1-17(2,3)13-4-6-14(7-5-13)18-11-12-10-15(19(21)22)8-9-16(12)20;1-2-6-12(7-3-1)15-11-10-13-8-4-5-9-14(13)15;;/h5-10,13H,11-12H2,1-4H3;4-11,20H,1-3H3;1-9,11H;1H;/q-1;;;;+1/p-1. The van der Waals surface area contributed by atoms with Crippen molar-refractivity contribution in [3.63, 3.8) is 0 Å². The Morgan fingerprint density at radius 1 is 0.733 bits per heavy atom. The van der Waals surface area contributed by atoms with E-state index in [9.17, 15) is 15.2 Å². The number of nitro groups is 1. The van der Waals surface area contributed by atoms with Gasteiger partial charge in [-0.15, -0.1) is 0 Å². The van der Waals surface area contributed by atoms with Gasteiger partial charge in [0, 0.05) is 48.4 Å². The summed E-state index contributed by atoms with van der Waals surface area (Å²) in [5.74, 6) is -0.0411. The summed E-state index contributed by atoms with van der Waals surface area (Å²) in [5.41, 5.74) is 15.5. The Bertz CT molecular complexity index is 2460. The maximum atomic E-state index is 10.7. The Hall–Kier alpha value is -5.69. The normalized spacial score (nSPS) is 14.1. The number of hydrogen-bond donors (Lipinski definition) is 1. The van der Waals surface area contributed by atoms with Crippen molar-refractivity contribution in [3.05, 3.63) is 206 Å². The van der Waals surface area contributed by atoms with E-state index >= 15 is 0 Å².